The van der Waals surface area contributed by atoms with Gasteiger partial charge in [-0.25, -0.2) is 8.42 Å². The molecule has 0 fully saturated rings. The molecule has 2 amide bonds. The number of nitrogens with zero attached hydrogens (tertiary/aromatic N) is 2. The number of benzene rings is 4. The first-order valence-electron chi connectivity index (χ1n) is 14.8. The van der Waals surface area contributed by atoms with Crippen LogP contribution in [0.3, 0.4) is 0 Å². The van der Waals surface area contributed by atoms with Crippen molar-refractivity contribution in [3.05, 3.63) is 128 Å². The summed E-state index contributed by atoms with van der Waals surface area (Å²) in [5.74, 6) is -0.947. The van der Waals surface area contributed by atoms with Crippen molar-refractivity contribution in [1.82, 2.24) is 10.2 Å². The molecule has 7 nitrogen and oxygen atoms in total. The van der Waals surface area contributed by atoms with Crippen molar-refractivity contribution in [2.75, 3.05) is 17.4 Å². The van der Waals surface area contributed by atoms with Gasteiger partial charge in [-0.3, -0.25) is 13.9 Å². The number of amides is 2. The van der Waals surface area contributed by atoms with Crippen LogP contribution in [0.2, 0.25) is 15.1 Å². The Morgan fingerprint density at radius 3 is 2.13 bits per heavy atom. The van der Waals surface area contributed by atoms with Crippen molar-refractivity contribution >= 4 is 62.3 Å². The number of hydrogen-bond donors (Lipinski definition) is 1. The van der Waals surface area contributed by atoms with Crippen LogP contribution in [0.15, 0.2) is 95.9 Å². The lowest BCUT2D eigenvalue weighted by atomic mass is 10.0. The van der Waals surface area contributed by atoms with Gasteiger partial charge in [0, 0.05) is 34.6 Å². The zero-order valence-electron chi connectivity index (χ0n) is 25.8. The van der Waals surface area contributed by atoms with Crippen LogP contribution >= 0.6 is 34.8 Å². The highest BCUT2D eigenvalue weighted by Gasteiger charge is 2.35. The van der Waals surface area contributed by atoms with E-state index in [0.717, 1.165) is 21.0 Å². The van der Waals surface area contributed by atoms with E-state index in [0.29, 0.717) is 39.3 Å². The molecule has 4 aromatic carbocycles. The maximum absolute atomic E-state index is 14.6. The largest absolute Gasteiger partial charge is 0.354 e. The smallest absolute Gasteiger partial charge is 0.264 e. The lowest BCUT2D eigenvalue weighted by Crippen LogP contribution is -2.53. The second-order valence-electron chi connectivity index (χ2n) is 11.0. The molecule has 1 atom stereocenters. The third-order valence-electron chi connectivity index (χ3n) is 7.64. The summed E-state index contributed by atoms with van der Waals surface area (Å²) in [5, 5.41) is 4.04. The molecule has 0 bridgehead atoms. The number of anilines is 1. The minimum absolute atomic E-state index is 0.0308. The van der Waals surface area contributed by atoms with Gasteiger partial charge in [0.1, 0.15) is 12.6 Å². The van der Waals surface area contributed by atoms with Crippen molar-refractivity contribution in [2.24, 2.45) is 0 Å². The molecule has 0 heterocycles. The van der Waals surface area contributed by atoms with Gasteiger partial charge in [0.25, 0.3) is 10.0 Å². The Balaban J connectivity index is 1.83. The van der Waals surface area contributed by atoms with Gasteiger partial charge < -0.3 is 10.2 Å². The normalized spacial score (nSPS) is 12.0. The van der Waals surface area contributed by atoms with E-state index in [1.165, 1.54) is 29.2 Å². The average molecular weight is 701 g/mol. The van der Waals surface area contributed by atoms with Gasteiger partial charge in [-0.1, -0.05) is 84.2 Å². The van der Waals surface area contributed by atoms with Crippen LogP contribution in [0.25, 0.3) is 0 Å². The molecule has 0 aliphatic carbocycles. The van der Waals surface area contributed by atoms with E-state index in [-0.39, 0.29) is 23.8 Å². The summed E-state index contributed by atoms with van der Waals surface area (Å²) in [4.78, 5) is 29.7. The van der Waals surface area contributed by atoms with E-state index >= 15 is 0 Å². The van der Waals surface area contributed by atoms with Gasteiger partial charge in [-0.15, -0.1) is 0 Å². The number of carbonyl (C=O) groups excluding carboxylic acids is 2. The first-order valence-corrected chi connectivity index (χ1v) is 17.4. The molecular formula is C35H36Cl3N3O4S. The summed E-state index contributed by atoms with van der Waals surface area (Å²) in [6.45, 7) is 5.50. The van der Waals surface area contributed by atoms with Crippen molar-refractivity contribution < 1.29 is 18.0 Å². The highest BCUT2D eigenvalue weighted by atomic mass is 35.5. The Morgan fingerprint density at radius 2 is 1.50 bits per heavy atom. The lowest BCUT2D eigenvalue weighted by molar-refractivity contribution is -0.140. The van der Waals surface area contributed by atoms with E-state index in [2.05, 4.69) is 5.32 Å². The summed E-state index contributed by atoms with van der Waals surface area (Å²) in [5.41, 5.74) is 3.52. The highest BCUT2D eigenvalue weighted by molar-refractivity contribution is 7.92. The van der Waals surface area contributed by atoms with Crippen LogP contribution in [0, 0.1) is 13.8 Å². The van der Waals surface area contributed by atoms with Crippen molar-refractivity contribution in [1.29, 1.82) is 0 Å². The predicted octanol–water partition coefficient (Wildman–Crippen LogP) is 7.63. The van der Waals surface area contributed by atoms with Crippen LogP contribution in [-0.4, -0.2) is 44.3 Å². The standard InChI is InChI=1S/C35H36Cl3N3O4S/c1-4-18-39-35(43)33(20-26-8-6-5-7-9-26)40(22-27-11-12-29(37)21-32(27)38)34(42)23-41(30-15-10-24(2)25(3)19-30)46(44,45)31-16-13-28(36)14-17-31/h5-17,19,21,33H,4,18,20,22-23H2,1-3H3,(H,39,43). The molecule has 0 radical (unpaired) electrons. The van der Waals surface area contributed by atoms with Gasteiger partial charge in [-0.2, -0.15) is 0 Å². The molecule has 0 aliphatic rings. The number of nitrogens with one attached hydrogen (secondary N) is 1. The van der Waals surface area contributed by atoms with E-state index in [4.69, 9.17) is 34.8 Å². The second kappa shape index (κ2) is 15.8. The molecule has 4 aromatic rings. The Kier molecular flexibility index (Phi) is 12.1. The predicted molar refractivity (Wildman–Crippen MR) is 186 cm³/mol. The van der Waals surface area contributed by atoms with Gasteiger partial charge in [0.2, 0.25) is 11.8 Å². The number of rotatable bonds is 13. The molecule has 0 saturated carbocycles. The summed E-state index contributed by atoms with van der Waals surface area (Å²) < 4.78 is 29.4. The number of carbonyl (C=O) groups is 2. The highest BCUT2D eigenvalue weighted by Crippen LogP contribution is 2.29. The third-order valence-corrected chi connectivity index (χ3v) is 10.3. The molecule has 4 rings (SSSR count). The van der Waals surface area contributed by atoms with Crippen LogP contribution in [-0.2, 0) is 32.6 Å². The van der Waals surface area contributed by atoms with E-state index < -0.39 is 28.5 Å². The average Bonchev–Trinajstić information content (AvgIpc) is 3.03. The van der Waals surface area contributed by atoms with Crippen LogP contribution < -0.4 is 9.62 Å². The molecule has 0 aromatic heterocycles. The zero-order chi connectivity index (χ0) is 33.4. The maximum Gasteiger partial charge on any atom is 0.264 e. The lowest BCUT2D eigenvalue weighted by Gasteiger charge is -2.34. The summed E-state index contributed by atoms with van der Waals surface area (Å²) in [6.07, 6.45) is 0.890. The van der Waals surface area contributed by atoms with Crippen molar-refractivity contribution in [3.63, 3.8) is 0 Å². The third kappa shape index (κ3) is 8.82. The summed E-state index contributed by atoms with van der Waals surface area (Å²) in [6, 6.07) is 24.3. The molecule has 46 heavy (non-hydrogen) atoms. The van der Waals surface area contributed by atoms with Crippen molar-refractivity contribution in [2.45, 2.75) is 51.1 Å². The summed E-state index contributed by atoms with van der Waals surface area (Å²) >= 11 is 18.8. The van der Waals surface area contributed by atoms with Crippen molar-refractivity contribution in [3.8, 4) is 0 Å². The Labute approximate surface area is 286 Å². The minimum Gasteiger partial charge on any atom is -0.354 e. The Bertz CT molecular complexity index is 1790. The Hall–Kier alpha value is -3.56. The fourth-order valence-electron chi connectivity index (χ4n) is 4.90. The fourth-order valence-corrected chi connectivity index (χ4v) is 6.90. The fraction of sp³-hybridized carbons (Fsp3) is 0.257. The van der Waals surface area contributed by atoms with E-state index in [1.807, 2.05) is 51.1 Å². The van der Waals surface area contributed by atoms with Gasteiger partial charge in [-0.05, 0) is 91.1 Å². The second-order valence-corrected chi connectivity index (χ2v) is 14.1. The first-order chi connectivity index (χ1) is 21.9. The van der Waals surface area contributed by atoms with Crippen LogP contribution in [0.4, 0.5) is 5.69 Å². The topological polar surface area (TPSA) is 86.8 Å². The molecule has 0 spiro atoms. The Morgan fingerprint density at radius 1 is 0.826 bits per heavy atom. The van der Waals surface area contributed by atoms with E-state index in [1.54, 1.807) is 36.4 Å². The zero-order valence-corrected chi connectivity index (χ0v) is 28.9. The maximum atomic E-state index is 14.6. The molecule has 0 aliphatic heterocycles. The first kappa shape index (κ1) is 35.3. The van der Waals surface area contributed by atoms with Gasteiger partial charge >= 0.3 is 0 Å². The SMILES string of the molecule is CCCNC(=O)C(Cc1ccccc1)N(Cc1ccc(Cl)cc1Cl)C(=O)CN(c1ccc(C)c(C)c1)S(=O)(=O)c1ccc(Cl)cc1. The van der Waals surface area contributed by atoms with Gasteiger partial charge in [0.15, 0.2) is 0 Å². The molecule has 242 valence electrons. The molecule has 1 N–H and O–H groups in total. The number of aryl methyl sites for hydroxylation is 2. The number of sulfonamides is 1. The number of hydrogen-bond acceptors (Lipinski definition) is 4. The van der Waals surface area contributed by atoms with Crippen LogP contribution in [0.5, 0.6) is 0 Å². The molecular weight excluding hydrogens is 665 g/mol. The van der Waals surface area contributed by atoms with Crippen LogP contribution in [0.1, 0.15) is 35.6 Å². The van der Waals surface area contributed by atoms with E-state index in [9.17, 15) is 18.0 Å². The number of halogens is 3. The quantitative estimate of drug-likeness (QED) is 0.156. The molecule has 0 saturated heterocycles. The molecule has 1 unspecified atom stereocenters. The summed E-state index contributed by atoms with van der Waals surface area (Å²) in [7, 11) is -4.25. The molecule has 11 heteroatoms. The monoisotopic (exact) mass is 699 g/mol. The van der Waals surface area contributed by atoms with Gasteiger partial charge in [0.05, 0.1) is 10.6 Å². The minimum atomic E-state index is -4.25.